The lowest BCUT2D eigenvalue weighted by Crippen LogP contribution is -2.16. The molecule has 0 unspecified atom stereocenters. The Morgan fingerprint density at radius 1 is 1.10 bits per heavy atom. The van der Waals surface area contributed by atoms with Gasteiger partial charge in [0.1, 0.15) is 0 Å². The van der Waals surface area contributed by atoms with Crippen LogP contribution in [0.4, 0.5) is 23.5 Å². The molecule has 0 spiro atoms. The third-order valence-corrected chi connectivity index (χ3v) is 2.63. The van der Waals surface area contributed by atoms with E-state index < -0.39 is 0 Å². The zero-order chi connectivity index (χ0) is 15.2. The summed E-state index contributed by atoms with van der Waals surface area (Å²) in [6.07, 6.45) is 0. The zero-order valence-corrected chi connectivity index (χ0v) is 12.3. The molecule has 0 radical (unpaired) electrons. The Bertz CT molecular complexity index is 643. The normalized spacial score (nSPS) is 9.81. The van der Waals surface area contributed by atoms with Crippen LogP contribution in [0.15, 0.2) is 24.3 Å². The average Bonchev–Trinajstić information content (AvgIpc) is 2.48. The molecule has 0 bridgehead atoms. The highest BCUT2D eigenvalue weighted by Crippen LogP contribution is 2.17. The van der Waals surface area contributed by atoms with E-state index in [2.05, 4.69) is 31.7 Å². The quantitative estimate of drug-likeness (QED) is 0.867. The van der Waals surface area contributed by atoms with E-state index in [1.54, 1.807) is 12.1 Å². The topological polar surface area (TPSA) is 89.8 Å². The number of aromatic nitrogens is 3. The van der Waals surface area contributed by atoms with Crippen molar-refractivity contribution in [2.24, 2.45) is 0 Å². The van der Waals surface area contributed by atoms with Gasteiger partial charge in [-0.15, -0.1) is 0 Å². The van der Waals surface area contributed by atoms with Gasteiger partial charge in [-0.2, -0.15) is 20.2 Å². The molecule has 2 N–H and O–H groups in total. The van der Waals surface area contributed by atoms with Gasteiger partial charge in [0.25, 0.3) is 0 Å². The van der Waals surface area contributed by atoms with Crippen molar-refractivity contribution in [2.75, 3.05) is 36.2 Å². The minimum atomic E-state index is 0.453. The summed E-state index contributed by atoms with van der Waals surface area (Å²) in [7, 11) is 3.74. The third kappa shape index (κ3) is 3.79. The van der Waals surface area contributed by atoms with Gasteiger partial charge in [-0.3, -0.25) is 0 Å². The average molecular weight is 283 g/mol. The molecule has 108 valence electrons. The van der Waals surface area contributed by atoms with Crippen LogP contribution in [0.5, 0.6) is 0 Å². The SMILES string of the molecule is CCNc1nc(Nc2ccc(C#N)cc2)nc(N(C)C)n1. The number of rotatable bonds is 5. The first-order valence-corrected chi connectivity index (χ1v) is 6.57. The van der Waals surface area contributed by atoms with E-state index in [4.69, 9.17) is 5.26 Å². The Hall–Kier alpha value is -2.88. The summed E-state index contributed by atoms with van der Waals surface area (Å²) in [5, 5.41) is 15.0. The maximum Gasteiger partial charge on any atom is 0.233 e. The highest BCUT2D eigenvalue weighted by atomic mass is 15.3. The summed E-state index contributed by atoms with van der Waals surface area (Å²) in [4.78, 5) is 14.8. The maximum absolute atomic E-state index is 8.79. The maximum atomic E-state index is 8.79. The number of nitrogens with zero attached hydrogens (tertiary/aromatic N) is 5. The second-order valence-electron chi connectivity index (χ2n) is 4.52. The molecule has 0 atom stereocenters. The smallest absolute Gasteiger partial charge is 0.233 e. The number of hydrogen-bond acceptors (Lipinski definition) is 7. The molecular weight excluding hydrogens is 266 g/mol. The summed E-state index contributed by atoms with van der Waals surface area (Å²) >= 11 is 0. The number of nitrogens with one attached hydrogen (secondary N) is 2. The van der Waals surface area contributed by atoms with Crippen molar-refractivity contribution in [3.63, 3.8) is 0 Å². The fourth-order valence-electron chi connectivity index (χ4n) is 1.62. The molecule has 0 amide bonds. The van der Waals surface area contributed by atoms with E-state index in [9.17, 15) is 0 Å². The van der Waals surface area contributed by atoms with Gasteiger partial charge in [-0.25, -0.2) is 0 Å². The Morgan fingerprint density at radius 3 is 2.33 bits per heavy atom. The molecule has 0 saturated carbocycles. The molecule has 21 heavy (non-hydrogen) atoms. The Kier molecular flexibility index (Phi) is 4.51. The summed E-state index contributed by atoms with van der Waals surface area (Å²) < 4.78 is 0. The molecule has 2 rings (SSSR count). The largest absolute Gasteiger partial charge is 0.354 e. The lowest BCUT2D eigenvalue weighted by molar-refractivity contribution is 0.953. The number of benzene rings is 1. The monoisotopic (exact) mass is 283 g/mol. The van der Waals surface area contributed by atoms with Crippen LogP contribution < -0.4 is 15.5 Å². The van der Waals surface area contributed by atoms with E-state index in [1.165, 1.54) is 0 Å². The minimum Gasteiger partial charge on any atom is -0.354 e. The lowest BCUT2D eigenvalue weighted by atomic mass is 10.2. The van der Waals surface area contributed by atoms with Crippen molar-refractivity contribution in [1.29, 1.82) is 5.26 Å². The van der Waals surface area contributed by atoms with E-state index in [0.29, 0.717) is 23.4 Å². The van der Waals surface area contributed by atoms with Gasteiger partial charge < -0.3 is 15.5 Å². The van der Waals surface area contributed by atoms with Crippen molar-refractivity contribution < 1.29 is 0 Å². The molecule has 7 heteroatoms. The summed E-state index contributed by atoms with van der Waals surface area (Å²) in [6, 6.07) is 9.18. The molecule has 1 aromatic heterocycles. The fourth-order valence-corrected chi connectivity index (χ4v) is 1.62. The van der Waals surface area contributed by atoms with Gasteiger partial charge in [0.2, 0.25) is 17.8 Å². The number of nitriles is 1. The van der Waals surface area contributed by atoms with E-state index in [1.807, 2.05) is 38.1 Å². The van der Waals surface area contributed by atoms with Crippen LogP contribution in [0.25, 0.3) is 0 Å². The van der Waals surface area contributed by atoms with Crippen molar-refractivity contribution >= 4 is 23.5 Å². The highest BCUT2D eigenvalue weighted by molar-refractivity contribution is 5.57. The molecule has 0 aliphatic rings. The minimum absolute atomic E-state index is 0.453. The molecule has 0 saturated heterocycles. The molecule has 2 aromatic rings. The van der Waals surface area contributed by atoms with Crippen molar-refractivity contribution in [3.05, 3.63) is 29.8 Å². The lowest BCUT2D eigenvalue weighted by Gasteiger charge is -2.13. The summed E-state index contributed by atoms with van der Waals surface area (Å²) in [6.45, 7) is 2.71. The van der Waals surface area contributed by atoms with Crippen LogP contribution in [-0.4, -0.2) is 35.6 Å². The van der Waals surface area contributed by atoms with Gasteiger partial charge in [-0.1, -0.05) is 0 Å². The fraction of sp³-hybridized carbons (Fsp3) is 0.286. The van der Waals surface area contributed by atoms with E-state index in [0.717, 1.165) is 12.2 Å². The Balaban J connectivity index is 2.27. The van der Waals surface area contributed by atoms with Crippen LogP contribution >= 0.6 is 0 Å². The highest BCUT2D eigenvalue weighted by Gasteiger charge is 2.08. The predicted octanol–water partition coefficient (Wildman–Crippen LogP) is 1.98. The second-order valence-corrected chi connectivity index (χ2v) is 4.52. The van der Waals surface area contributed by atoms with Gasteiger partial charge in [0.05, 0.1) is 11.6 Å². The zero-order valence-electron chi connectivity index (χ0n) is 12.3. The van der Waals surface area contributed by atoms with Crippen molar-refractivity contribution in [3.8, 4) is 6.07 Å². The van der Waals surface area contributed by atoms with Gasteiger partial charge in [-0.05, 0) is 31.2 Å². The van der Waals surface area contributed by atoms with Gasteiger partial charge in [0.15, 0.2) is 0 Å². The number of anilines is 4. The first-order chi connectivity index (χ1) is 10.1. The molecule has 0 fully saturated rings. The standard InChI is InChI=1S/C14H17N7/c1-4-16-12-18-13(20-14(19-12)21(2)3)17-11-7-5-10(9-15)6-8-11/h5-8H,4H2,1-3H3,(H2,16,17,18,19,20). The Labute approximate surface area is 123 Å². The molecule has 0 aliphatic heterocycles. The van der Waals surface area contributed by atoms with Crippen LogP contribution in [0.2, 0.25) is 0 Å². The van der Waals surface area contributed by atoms with E-state index >= 15 is 0 Å². The van der Waals surface area contributed by atoms with Crippen LogP contribution in [0.1, 0.15) is 12.5 Å². The second kappa shape index (κ2) is 6.52. The first kappa shape index (κ1) is 14.5. The van der Waals surface area contributed by atoms with Gasteiger partial charge in [0, 0.05) is 26.3 Å². The van der Waals surface area contributed by atoms with Crippen LogP contribution in [-0.2, 0) is 0 Å². The third-order valence-electron chi connectivity index (χ3n) is 2.63. The van der Waals surface area contributed by atoms with Gasteiger partial charge >= 0.3 is 0 Å². The first-order valence-electron chi connectivity index (χ1n) is 6.57. The van der Waals surface area contributed by atoms with E-state index in [-0.39, 0.29) is 0 Å². The van der Waals surface area contributed by atoms with Crippen LogP contribution in [0.3, 0.4) is 0 Å². The van der Waals surface area contributed by atoms with Crippen LogP contribution in [0, 0.1) is 11.3 Å². The Morgan fingerprint density at radius 2 is 1.76 bits per heavy atom. The number of hydrogen-bond donors (Lipinski definition) is 2. The molecular formula is C14H17N7. The van der Waals surface area contributed by atoms with Crippen molar-refractivity contribution in [2.45, 2.75) is 6.92 Å². The summed E-state index contributed by atoms with van der Waals surface area (Å²) in [5.74, 6) is 1.54. The molecule has 7 nitrogen and oxygen atoms in total. The molecule has 0 aliphatic carbocycles. The summed E-state index contributed by atoms with van der Waals surface area (Å²) in [5.41, 5.74) is 1.42. The molecule has 1 heterocycles. The molecule has 1 aromatic carbocycles. The predicted molar refractivity (Wildman–Crippen MR) is 82.8 cm³/mol. The van der Waals surface area contributed by atoms with Crippen molar-refractivity contribution in [1.82, 2.24) is 15.0 Å².